The molecule has 6 rings (SSSR count). The second kappa shape index (κ2) is 17.0. The summed E-state index contributed by atoms with van der Waals surface area (Å²) in [5.74, 6) is -0.122. The molecule has 0 aromatic rings. The standard InChI is InChI=1S/C41H65NO10.H2/c1-10-25-12-11-13-34(52-36-15-14-33(42(6)7)23(4)48-36)22(3)37(44)32-19-30-28(31(32)20-35(43)50-25)16-21(2)27-17-26(18-29(27)30)51-41-40(47-9)39(46-8)38(45)24(5)49-41;/h16,19,22-31,33-34,36,38-41,45H,10-15,17-18,20H2,1-9H3;1H/t22-,23-,24+,25+,26+,27-,28-,29+,30-,31+,33+,34+,36+,38+,39-,40-,41+;/m1./s1. The SMILES string of the molecule is CC[C@H]1CCC[C@H](O[C@H]2CC[C@H](N(C)C)[C@@H](C)O2)[C@@H](C)C(=O)C2=C[C@@H]3[C@@H](C=C(C)[C@H]4C[C@H](O[C@@H]5O[C@@H](C)[C@H](O)[C@@H](OC)[C@H]5OC)C[C@H]34)[C@@H]2CC(=O)O1.[HH]. The fourth-order valence-corrected chi connectivity index (χ4v) is 10.5. The predicted octanol–water partition coefficient (Wildman–Crippen LogP) is 5.47. The molecule has 11 nitrogen and oxygen atoms in total. The van der Waals surface area contributed by atoms with Gasteiger partial charge in [0.1, 0.15) is 24.4 Å². The number of allylic oxidation sites excluding steroid dienone is 4. The summed E-state index contributed by atoms with van der Waals surface area (Å²) in [5.41, 5.74) is 2.03. The molecule has 3 heterocycles. The first-order chi connectivity index (χ1) is 24.8. The van der Waals surface area contributed by atoms with Gasteiger partial charge in [-0.1, -0.05) is 31.6 Å². The molecule has 3 aliphatic carbocycles. The number of Topliss-reactive ketones (excluding diaryl/α,β-unsaturated/α-hetero) is 1. The maximum Gasteiger partial charge on any atom is 0.306 e. The number of rotatable bonds is 8. The molecule has 0 amide bonds. The van der Waals surface area contributed by atoms with Crippen molar-refractivity contribution in [2.24, 2.45) is 35.5 Å². The largest absolute Gasteiger partial charge is 0.462 e. The Hall–Kier alpha value is -1.70. The number of nitrogens with zero attached hydrogens (tertiary/aromatic N) is 1. The number of carbonyl (C=O) groups is 2. The molecule has 17 atom stereocenters. The molecule has 11 heteroatoms. The molecular weight excluding hydrogens is 666 g/mol. The lowest BCUT2D eigenvalue weighted by molar-refractivity contribution is -0.311. The Labute approximate surface area is 312 Å². The fraction of sp³-hybridized carbons (Fsp3) is 0.854. The third kappa shape index (κ3) is 8.13. The van der Waals surface area contributed by atoms with E-state index < -0.39 is 30.7 Å². The van der Waals surface area contributed by atoms with Crippen LogP contribution in [0.2, 0.25) is 0 Å². The highest BCUT2D eigenvalue weighted by Crippen LogP contribution is 2.56. The molecular formula is C41H67NO10. The van der Waals surface area contributed by atoms with Crippen LogP contribution < -0.4 is 0 Å². The van der Waals surface area contributed by atoms with Crippen molar-refractivity contribution >= 4 is 11.8 Å². The van der Waals surface area contributed by atoms with E-state index in [0.29, 0.717) is 12.5 Å². The molecule has 3 aliphatic heterocycles. The van der Waals surface area contributed by atoms with Crippen molar-refractivity contribution in [3.05, 3.63) is 23.3 Å². The van der Waals surface area contributed by atoms with Crippen LogP contribution in [-0.4, -0.2) is 118 Å². The number of aliphatic hydroxyl groups is 1. The monoisotopic (exact) mass is 733 g/mol. The summed E-state index contributed by atoms with van der Waals surface area (Å²) in [7, 11) is 7.32. The summed E-state index contributed by atoms with van der Waals surface area (Å²) in [4.78, 5) is 30.5. The van der Waals surface area contributed by atoms with Crippen molar-refractivity contribution in [2.75, 3.05) is 28.3 Å². The molecule has 0 aromatic heterocycles. The number of aliphatic hydroxyl groups excluding tert-OH is 1. The highest BCUT2D eigenvalue weighted by Gasteiger charge is 2.53. The highest BCUT2D eigenvalue weighted by atomic mass is 16.7. The van der Waals surface area contributed by atoms with Gasteiger partial charge in [0.15, 0.2) is 18.4 Å². The smallest absolute Gasteiger partial charge is 0.306 e. The topological polar surface area (TPSA) is 122 Å². The van der Waals surface area contributed by atoms with Gasteiger partial charge in [-0.05, 0) is 115 Å². The van der Waals surface area contributed by atoms with Gasteiger partial charge in [0.2, 0.25) is 0 Å². The van der Waals surface area contributed by atoms with E-state index in [1.807, 2.05) is 13.8 Å². The number of carbonyl (C=O) groups excluding carboxylic acids is 2. The molecule has 0 aromatic carbocycles. The fourth-order valence-electron chi connectivity index (χ4n) is 10.5. The summed E-state index contributed by atoms with van der Waals surface area (Å²) >= 11 is 0. The van der Waals surface area contributed by atoms with Crippen LogP contribution in [0.25, 0.3) is 0 Å². The van der Waals surface area contributed by atoms with Gasteiger partial charge in [0, 0.05) is 33.5 Å². The minimum Gasteiger partial charge on any atom is -0.462 e. The van der Waals surface area contributed by atoms with Crippen LogP contribution in [0, 0.1) is 35.5 Å². The van der Waals surface area contributed by atoms with Gasteiger partial charge >= 0.3 is 5.97 Å². The van der Waals surface area contributed by atoms with E-state index >= 15 is 0 Å². The van der Waals surface area contributed by atoms with Crippen molar-refractivity contribution in [1.29, 1.82) is 0 Å². The van der Waals surface area contributed by atoms with Gasteiger partial charge < -0.3 is 43.2 Å². The highest BCUT2D eigenvalue weighted by molar-refractivity contribution is 5.99. The summed E-state index contributed by atoms with van der Waals surface area (Å²) in [6.07, 6.45) is 7.11. The lowest BCUT2D eigenvalue weighted by atomic mass is 9.67. The Kier molecular flexibility index (Phi) is 13.1. The maximum atomic E-state index is 14.7. The van der Waals surface area contributed by atoms with Crippen LogP contribution in [0.4, 0.5) is 0 Å². The van der Waals surface area contributed by atoms with Crippen molar-refractivity contribution in [2.45, 2.75) is 160 Å². The predicted molar refractivity (Wildman–Crippen MR) is 196 cm³/mol. The quantitative estimate of drug-likeness (QED) is 0.253. The van der Waals surface area contributed by atoms with E-state index in [1.165, 1.54) is 5.57 Å². The molecule has 52 heavy (non-hydrogen) atoms. The Balaban J connectivity index is 0.00000541. The van der Waals surface area contributed by atoms with E-state index in [1.54, 1.807) is 14.2 Å². The Morgan fingerprint density at radius 2 is 1.65 bits per heavy atom. The van der Waals surface area contributed by atoms with Gasteiger partial charge in [-0.3, -0.25) is 9.59 Å². The van der Waals surface area contributed by atoms with Crippen molar-refractivity contribution in [3.63, 3.8) is 0 Å². The first-order valence-corrected chi connectivity index (χ1v) is 20.0. The Morgan fingerprint density at radius 1 is 0.904 bits per heavy atom. The second-order valence-electron chi connectivity index (χ2n) is 16.8. The zero-order chi connectivity index (χ0) is 37.4. The molecule has 1 saturated carbocycles. The average Bonchev–Trinajstić information content (AvgIpc) is 3.69. The number of cyclic esters (lactones) is 1. The first-order valence-electron chi connectivity index (χ1n) is 20.0. The van der Waals surface area contributed by atoms with E-state index in [9.17, 15) is 14.7 Å². The van der Waals surface area contributed by atoms with Crippen LogP contribution in [-0.2, 0) is 42.7 Å². The normalized spacial score (nSPS) is 45.9. The lowest BCUT2D eigenvalue weighted by Crippen LogP contribution is -2.59. The van der Waals surface area contributed by atoms with Crippen LogP contribution in [0.5, 0.6) is 0 Å². The summed E-state index contributed by atoms with van der Waals surface area (Å²) in [6, 6.07) is 0.333. The molecule has 0 spiro atoms. The van der Waals surface area contributed by atoms with Gasteiger partial charge in [-0.25, -0.2) is 0 Å². The van der Waals surface area contributed by atoms with E-state index in [2.05, 4.69) is 51.9 Å². The zero-order valence-corrected chi connectivity index (χ0v) is 32.9. The van der Waals surface area contributed by atoms with E-state index in [4.69, 9.17) is 33.2 Å². The first kappa shape index (κ1) is 40.0. The number of esters is 1. The lowest BCUT2D eigenvalue weighted by Gasteiger charge is -2.43. The third-order valence-corrected chi connectivity index (χ3v) is 13.4. The van der Waals surface area contributed by atoms with Crippen LogP contribution >= 0.6 is 0 Å². The van der Waals surface area contributed by atoms with Crippen molar-refractivity contribution in [3.8, 4) is 0 Å². The summed E-state index contributed by atoms with van der Waals surface area (Å²) in [6.45, 7) is 10.2. The number of hydrogen-bond donors (Lipinski definition) is 1. The molecule has 0 radical (unpaired) electrons. The van der Waals surface area contributed by atoms with Gasteiger partial charge in [-0.15, -0.1) is 0 Å². The Morgan fingerprint density at radius 3 is 2.33 bits per heavy atom. The molecule has 6 aliphatic rings. The van der Waals surface area contributed by atoms with Crippen LogP contribution in [0.1, 0.15) is 93.8 Å². The number of ketones is 1. The van der Waals surface area contributed by atoms with Crippen molar-refractivity contribution < 1.29 is 49.3 Å². The van der Waals surface area contributed by atoms with Gasteiger partial charge in [-0.2, -0.15) is 0 Å². The Bertz CT molecular complexity index is 1330. The minimum absolute atomic E-state index is 0. The average molecular weight is 734 g/mol. The second-order valence-corrected chi connectivity index (χ2v) is 16.8. The molecule has 0 bridgehead atoms. The summed E-state index contributed by atoms with van der Waals surface area (Å²) in [5, 5.41) is 10.7. The number of ether oxygens (including phenoxy) is 7. The molecule has 4 fully saturated rings. The van der Waals surface area contributed by atoms with Gasteiger partial charge in [0.05, 0.1) is 30.8 Å². The number of fused-ring (bicyclic) bond motifs is 5. The summed E-state index contributed by atoms with van der Waals surface area (Å²) < 4.78 is 43.3. The molecule has 1 N–H and O–H groups in total. The number of methoxy groups -OCH3 is 2. The molecule has 0 unspecified atom stereocenters. The van der Waals surface area contributed by atoms with Gasteiger partial charge in [0.25, 0.3) is 0 Å². The molecule has 296 valence electrons. The van der Waals surface area contributed by atoms with Crippen LogP contribution in [0.3, 0.4) is 0 Å². The van der Waals surface area contributed by atoms with Crippen LogP contribution in [0.15, 0.2) is 23.3 Å². The number of hydrogen-bond acceptors (Lipinski definition) is 11. The van der Waals surface area contributed by atoms with E-state index in [0.717, 1.165) is 50.5 Å². The van der Waals surface area contributed by atoms with Crippen molar-refractivity contribution in [1.82, 2.24) is 4.90 Å². The maximum absolute atomic E-state index is 14.7. The zero-order valence-electron chi connectivity index (χ0n) is 32.9. The molecule has 3 saturated heterocycles. The minimum atomic E-state index is -0.825. The van der Waals surface area contributed by atoms with E-state index in [-0.39, 0.29) is 85.8 Å². The number of likely N-dealkylation sites (N-methyl/N-ethyl adjacent to an activating group) is 1. The third-order valence-electron chi connectivity index (χ3n) is 13.4.